The van der Waals surface area contributed by atoms with Crippen molar-refractivity contribution in [1.82, 2.24) is 19.8 Å². The fourth-order valence-corrected chi connectivity index (χ4v) is 2.59. The lowest BCUT2D eigenvalue weighted by Gasteiger charge is -2.33. The molecule has 0 bridgehead atoms. The molecule has 2 amide bonds. The SMILES string of the molecule is CCOC(=O)N1CCN(C(=O)c2cnc(NCc3ccco3)cn2)CC1. The van der Waals surface area contributed by atoms with Crippen molar-refractivity contribution in [3.63, 3.8) is 0 Å². The molecule has 3 rings (SSSR count). The van der Waals surface area contributed by atoms with Gasteiger partial charge in [-0.1, -0.05) is 0 Å². The average molecular weight is 359 g/mol. The highest BCUT2D eigenvalue weighted by Crippen LogP contribution is 2.10. The van der Waals surface area contributed by atoms with Gasteiger partial charge in [0.25, 0.3) is 5.91 Å². The number of hydrogen-bond donors (Lipinski definition) is 1. The van der Waals surface area contributed by atoms with E-state index in [0.717, 1.165) is 5.76 Å². The number of carbonyl (C=O) groups is 2. The van der Waals surface area contributed by atoms with Crippen molar-refractivity contribution in [3.05, 3.63) is 42.2 Å². The maximum absolute atomic E-state index is 12.5. The zero-order valence-corrected chi connectivity index (χ0v) is 14.6. The third-order valence-corrected chi connectivity index (χ3v) is 3.99. The van der Waals surface area contributed by atoms with Gasteiger partial charge in [-0.25, -0.2) is 14.8 Å². The van der Waals surface area contributed by atoms with Crippen LogP contribution in [0.15, 0.2) is 35.2 Å². The molecule has 1 aliphatic heterocycles. The van der Waals surface area contributed by atoms with Crippen molar-refractivity contribution < 1.29 is 18.7 Å². The van der Waals surface area contributed by atoms with Crippen LogP contribution in [-0.4, -0.2) is 64.6 Å². The smallest absolute Gasteiger partial charge is 0.409 e. The quantitative estimate of drug-likeness (QED) is 0.865. The molecule has 1 aliphatic rings. The van der Waals surface area contributed by atoms with E-state index < -0.39 is 0 Å². The Bertz CT molecular complexity index is 724. The monoisotopic (exact) mass is 359 g/mol. The second-order valence-corrected chi connectivity index (χ2v) is 5.70. The molecule has 3 heterocycles. The molecule has 0 spiro atoms. The van der Waals surface area contributed by atoms with E-state index in [9.17, 15) is 9.59 Å². The number of hydrogen-bond acceptors (Lipinski definition) is 7. The summed E-state index contributed by atoms with van der Waals surface area (Å²) in [5.74, 6) is 1.15. The van der Waals surface area contributed by atoms with E-state index >= 15 is 0 Å². The number of ether oxygens (including phenoxy) is 1. The highest BCUT2D eigenvalue weighted by atomic mass is 16.6. The Balaban J connectivity index is 1.51. The molecule has 0 atom stereocenters. The molecule has 26 heavy (non-hydrogen) atoms. The summed E-state index contributed by atoms with van der Waals surface area (Å²) < 4.78 is 10.2. The molecule has 138 valence electrons. The van der Waals surface area contributed by atoms with Gasteiger partial charge in [-0.3, -0.25) is 4.79 Å². The van der Waals surface area contributed by atoms with Crippen molar-refractivity contribution in [2.45, 2.75) is 13.5 Å². The van der Waals surface area contributed by atoms with Crippen molar-refractivity contribution >= 4 is 17.8 Å². The van der Waals surface area contributed by atoms with Gasteiger partial charge in [0.1, 0.15) is 17.3 Å². The fraction of sp³-hybridized carbons (Fsp3) is 0.412. The second-order valence-electron chi connectivity index (χ2n) is 5.70. The lowest BCUT2D eigenvalue weighted by Crippen LogP contribution is -2.50. The minimum Gasteiger partial charge on any atom is -0.467 e. The second kappa shape index (κ2) is 8.32. The largest absolute Gasteiger partial charge is 0.467 e. The van der Waals surface area contributed by atoms with E-state index in [0.29, 0.717) is 45.1 Å². The molecule has 0 radical (unpaired) electrons. The first-order chi connectivity index (χ1) is 12.7. The lowest BCUT2D eigenvalue weighted by atomic mass is 10.3. The first-order valence-corrected chi connectivity index (χ1v) is 8.46. The highest BCUT2D eigenvalue weighted by molar-refractivity contribution is 5.92. The summed E-state index contributed by atoms with van der Waals surface area (Å²) in [4.78, 5) is 35.9. The van der Waals surface area contributed by atoms with Gasteiger partial charge in [0.05, 0.1) is 31.8 Å². The number of furan rings is 1. The lowest BCUT2D eigenvalue weighted by molar-refractivity contribution is 0.0565. The van der Waals surface area contributed by atoms with E-state index in [1.54, 1.807) is 23.0 Å². The first-order valence-electron chi connectivity index (χ1n) is 8.46. The van der Waals surface area contributed by atoms with E-state index in [-0.39, 0.29) is 17.7 Å². The van der Waals surface area contributed by atoms with E-state index in [1.165, 1.54) is 12.4 Å². The number of anilines is 1. The van der Waals surface area contributed by atoms with Crippen LogP contribution in [0.2, 0.25) is 0 Å². The Morgan fingerprint density at radius 2 is 1.96 bits per heavy atom. The predicted octanol–water partition coefficient (Wildman–Crippen LogP) is 1.60. The van der Waals surface area contributed by atoms with E-state index in [1.807, 2.05) is 12.1 Å². The molecular weight excluding hydrogens is 338 g/mol. The molecule has 0 unspecified atom stereocenters. The van der Waals surface area contributed by atoms with Gasteiger partial charge in [0, 0.05) is 26.2 Å². The molecule has 1 saturated heterocycles. The average Bonchev–Trinajstić information content (AvgIpc) is 3.20. The zero-order valence-electron chi connectivity index (χ0n) is 14.6. The van der Waals surface area contributed by atoms with E-state index in [2.05, 4.69) is 15.3 Å². The molecule has 1 N–H and O–H groups in total. The molecule has 9 heteroatoms. The van der Waals surface area contributed by atoms with Crippen molar-refractivity contribution in [2.24, 2.45) is 0 Å². The standard InChI is InChI=1S/C17H21N5O4/c1-2-25-17(24)22-7-5-21(6-8-22)16(23)14-11-20-15(12-18-14)19-10-13-4-3-9-26-13/h3-4,9,11-12H,2,5-8,10H2,1H3,(H,19,20). The summed E-state index contributed by atoms with van der Waals surface area (Å²) in [6.07, 6.45) is 4.23. The summed E-state index contributed by atoms with van der Waals surface area (Å²) in [5.41, 5.74) is 0.276. The predicted molar refractivity (Wildman–Crippen MR) is 92.6 cm³/mol. The Morgan fingerprint density at radius 3 is 2.58 bits per heavy atom. The van der Waals surface area contributed by atoms with Gasteiger partial charge >= 0.3 is 6.09 Å². The number of nitrogens with zero attached hydrogens (tertiary/aromatic N) is 4. The van der Waals surface area contributed by atoms with Crippen LogP contribution in [0.4, 0.5) is 10.6 Å². The van der Waals surface area contributed by atoms with Gasteiger partial charge in [0.15, 0.2) is 0 Å². The summed E-state index contributed by atoms with van der Waals surface area (Å²) in [5, 5.41) is 3.07. The number of aromatic nitrogens is 2. The van der Waals surface area contributed by atoms with E-state index in [4.69, 9.17) is 9.15 Å². The molecule has 9 nitrogen and oxygen atoms in total. The topological polar surface area (TPSA) is 101 Å². The molecule has 2 aromatic rings. The normalized spacial score (nSPS) is 14.2. The third-order valence-electron chi connectivity index (χ3n) is 3.99. The minimum absolute atomic E-state index is 0.196. The van der Waals surface area contributed by atoms with Gasteiger partial charge in [-0.15, -0.1) is 0 Å². The van der Waals surface area contributed by atoms with Crippen LogP contribution in [0.25, 0.3) is 0 Å². The van der Waals surface area contributed by atoms with Gasteiger partial charge in [0.2, 0.25) is 0 Å². The van der Waals surface area contributed by atoms with Gasteiger partial charge in [-0.2, -0.15) is 0 Å². The minimum atomic E-state index is -0.341. The zero-order chi connectivity index (χ0) is 18.4. The van der Waals surface area contributed by atoms with Crippen LogP contribution < -0.4 is 5.32 Å². The summed E-state index contributed by atoms with van der Waals surface area (Å²) in [7, 11) is 0. The number of rotatable bonds is 5. The Labute approximate surface area is 151 Å². The van der Waals surface area contributed by atoms with Crippen molar-refractivity contribution in [3.8, 4) is 0 Å². The molecule has 2 aromatic heterocycles. The Hall–Kier alpha value is -3.10. The number of amides is 2. The van der Waals surface area contributed by atoms with Crippen LogP contribution >= 0.6 is 0 Å². The Kier molecular flexibility index (Phi) is 5.67. The number of nitrogens with one attached hydrogen (secondary N) is 1. The molecule has 0 aliphatic carbocycles. The van der Waals surface area contributed by atoms with Crippen LogP contribution in [0.1, 0.15) is 23.2 Å². The molecule has 0 saturated carbocycles. The third kappa shape index (κ3) is 4.29. The summed E-state index contributed by atoms with van der Waals surface area (Å²) in [6, 6.07) is 3.67. The maximum atomic E-state index is 12.5. The van der Waals surface area contributed by atoms with Crippen LogP contribution in [-0.2, 0) is 11.3 Å². The van der Waals surface area contributed by atoms with Crippen molar-refractivity contribution in [2.75, 3.05) is 38.1 Å². The maximum Gasteiger partial charge on any atom is 0.409 e. The Morgan fingerprint density at radius 1 is 1.19 bits per heavy atom. The number of carbonyl (C=O) groups excluding carboxylic acids is 2. The van der Waals surface area contributed by atoms with Crippen molar-refractivity contribution in [1.29, 1.82) is 0 Å². The van der Waals surface area contributed by atoms with Crippen LogP contribution in [0.3, 0.4) is 0 Å². The molecular formula is C17H21N5O4. The molecule has 0 aromatic carbocycles. The molecule has 1 fully saturated rings. The van der Waals surface area contributed by atoms with Gasteiger partial charge in [-0.05, 0) is 19.1 Å². The highest BCUT2D eigenvalue weighted by Gasteiger charge is 2.26. The van der Waals surface area contributed by atoms with Crippen LogP contribution in [0, 0.1) is 0 Å². The van der Waals surface area contributed by atoms with Crippen LogP contribution in [0.5, 0.6) is 0 Å². The fourth-order valence-electron chi connectivity index (χ4n) is 2.59. The van der Waals surface area contributed by atoms with Gasteiger partial charge < -0.3 is 24.3 Å². The summed E-state index contributed by atoms with van der Waals surface area (Å²) in [6.45, 7) is 4.37. The first kappa shape index (κ1) is 17.7. The summed E-state index contributed by atoms with van der Waals surface area (Å²) >= 11 is 0. The number of piperazine rings is 1.